The first kappa shape index (κ1) is 22.5. The summed E-state index contributed by atoms with van der Waals surface area (Å²) < 4.78 is 2.08. The monoisotopic (exact) mass is 416 g/mol. The molecule has 2 heterocycles. The first-order chi connectivity index (χ1) is 15.1. The zero-order chi connectivity index (χ0) is 22.4. The molecule has 0 radical (unpaired) electrons. The molecule has 1 aromatic heterocycles. The van der Waals surface area contributed by atoms with Crippen molar-refractivity contribution in [3.8, 4) is 11.8 Å². The second-order valence-corrected chi connectivity index (χ2v) is 7.55. The zero-order valence-corrected chi connectivity index (χ0v) is 19.1. The predicted molar refractivity (Wildman–Crippen MR) is 129 cm³/mol. The first-order valence-corrected chi connectivity index (χ1v) is 10.9. The number of rotatable bonds is 5. The van der Waals surface area contributed by atoms with Gasteiger partial charge in [-0.05, 0) is 49.2 Å². The van der Waals surface area contributed by atoms with Crippen molar-refractivity contribution in [2.75, 3.05) is 18.4 Å². The Morgan fingerprint density at radius 2 is 1.97 bits per heavy atom. The van der Waals surface area contributed by atoms with Crippen LogP contribution in [0.3, 0.4) is 0 Å². The second-order valence-electron chi connectivity index (χ2n) is 7.55. The topological polar surface area (TPSA) is 58.1 Å². The second kappa shape index (κ2) is 10.2. The number of anilines is 1. The fraction of sp³-hybridized carbons (Fsp3) is 0.346. The molecule has 0 spiro atoms. The predicted octanol–water partition coefficient (Wildman–Crippen LogP) is 4.20. The van der Waals surface area contributed by atoms with E-state index >= 15 is 0 Å². The minimum absolute atomic E-state index is 0.0561. The number of nitrogens with one attached hydrogen (secondary N) is 3. The molecule has 31 heavy (non-hydrogen) atoms. The van der Waals surface area contributed by atoms with E-state index < -0.39 is 0 Å². The maximum absolute atomic E-state index is 12.9. The summed E-state index contributed by atoms with van der Waals surface area (Å²) in [6, 6.07) is 12.6. The van der Waals surface area contributed by atoms with Gasteiger partial charge in [0.2, 0.25) is 0 Å². The van der Waals surface area contributed by atoms with Crippen LogP contribution in [0.15, 0.2) is 42.6 Å². The highest BCUT2D eigenvalue weighted by atomic mass is 16.1. The summed E-state index contributed by atoms with van der Waals surface area (Å²) in [6.07, 6.45) is 2.03. The lowest BCUT2D eigenvalue weighted by atomic mass is 10.0. The number of benzene rings is 2. The van der Waals surface area contributed by atoms with Crippen molar-refractivity contribution in [2.24, 2.45) is 7.05 Å². The van der Waals surface area contributed by atoms with Gasteiger partial charge in [0.25, 0.3) is 5.91 Å². The van der Waals surface area contributed by atoms with Gasteiger partial charge in [0.1, 0.15) is 0 Å². The number of hydrogen-bond donors (Lipinski definition) is 3. The van der Waals surface area contributed by atoms with E-state index in [0.29, 0.717) is 18.2 Å². The smallest absolute Gasteiger partial charge is 0.251 e. The minimum atomic E-state index is -0.0561. The van der Waals surface area contributed by atoms with Gasteiger partial charge >= 0.3 is 0 Å². The van der Waals surface area contributed by atoms with Gasteiger partial charge in [-0.3, -0.25) is 4.79 Å². The van der Waals surface area contributed by atoms with Crippen LogP contribution in [0.4, 0.5) is 5.69 Å². The van der Waals surface area contributed by atoms with E-state index in [9.17, 15) is 4.79 Å². The van der Waals surface area contributed by atoms with E-state index in [-0.39, 0.29) is 5.91 Å². The average molecular weight is 417 g/mol. The molecule has 0 atom stereocenters. The molecule has 1 fully saturated rings. The number of carbonyl (C=O) groups excluding carboxylic acids is 1. The molecule has 162 valence electrons. The molecule has 1 aliphatic rings. The Labute approximate surface area is 185 Å². The molecule has 3 aromatic rings. The Kier molecular flexibility index (Phi) is 7.38. The summed E-state index contributed by atoms with van der Waals surface area (Å²) in [5.74, 6) is 6.08. The fourth-order valence-corrected chi connectivity index (χ4v) is 3.72. The minimum Gasteiger partial charge on any atom is -0.380 e. The molecule has 5 heteroatoms. The van der Waals surface area contributed by atoms with E-state index in [4.69, 9.17) is 0 Å². The summed E-state index contributed by atoms with van der Waals surface area (Å²) in [5, 5.41) is 10.9. The third-order valence-electron chi connectivity index (χ3n) is 5.46. The summed E-state index contributed by atoms with van der Waals surface area (Å²) >= 11 is 0. The van der Waals surface area contributed by atoms with Gasteiger partial charge in [0.05, 0.1) is 11.6 Å². The van der Waals surface area contributed by atoms with Crippen LogP contribution < -0.4 is 16.0 Å². The molecule has 5 nitrogen and oxygen atoms in total. The van der Waals surface area contributed by atoms with Crippen LogP contribution in [0, 0.1) is 18.8 Å². The highest BCUT2D eigenvalue weighted by Crippen LogP contribution is 2.24. The Bertz CT molecular complexity index is 1130. The number of amides is 1. The molecule has 0 bridgehead atoms. The van der Waals surface area contributed by atoms with Crippen LogP contribution in [0.1, 0.15) is 47.8 Å². The Hall–Kier alpha value is -3.23. The quantitative estimate of drug-likeness (QED) is 0.547. The Morgan fingerprint density at radius 3 is 2.65 bits per heavy atom. The summed E-state index contributed by atoms with van der Waals surface area (Å²) in [4.78, 5) is 12.9. The summed E-state index contributed by atoms with van der Waals surface area (Å²) in [5.41, 5.74) is 5.86. The Morgan fingerprint density at radius 1 is 1.19 bits per heavy atom. The highest BCUT2D eigenvalue weighted by molar-refractivity contribution is 5.97. The third kappa shape index (κ3) is 4.92. The van der Waals surface area contributed by atoms with Gasteiger partial charge in [0.15, 0.2) is 0 Å². The molecule has 4 rings (SSSR count). The van der Waals surface area contributed by atoms with Gasteiger partial charge in [-0.1, -0.05) is 31.9 Å². The zero-order valence-electron chi connectivity index (χ0n) is 19.1. The van der Waals surface area contributed by atoms with E-state index in [2.05, 4.69) is 44.5 Å². The van der Waals surface area contributed by atoms with Crippen LogP contribution in [-0.4, -0.2) is 29.6 Å². The highest BCUT2D eigenvalue weighted by Gasteiger charge is 2.17. The number of hydrogen-bond acceptors (Lipinski definition) is 3. The summed E-state index contributed by atoms with van der Waals surface area (Å²) in [7, 11) is 2.02. The molecule has 1 saturated heterocycles. The van der Waals surface area contributed by atoms with Crippen molar-refractivity contribution >= 4 is 22.5 Å². The molecule has 1 amide bonds. The molecule has 0 unspecified atom stereocenters. The van der Waals surface area contributed by atoms with E-state index in [1.807, 2.05) is 65.2 Å². The maximum atomic E-state index is 12.9. The number of nitrogens with zero attached hydrogens (tertiary/aromatic N) is 1. The average Bonchev–Trinajstić information content (AvgIpc) is 3.15. The van der Waals surface area contributed by atoms with Gasteiger partial charge in [-0.25, -0.2) is 0 Å². The van der Waals surface area contributed by atoms with Crippen LogP contribution in [0.25, 0.3) is 10.9 Å². The largest absolute Gasteiger partial charge is 0.380 e. The van der Waals surface area contributed by atoms with Crippen LogP contribution in [0.5, 0.6) is 0 Å². The van der Waals surface area contributed by atoms with Crippen LogP contribution in [-0.2, 0) is 13.6 Å². The number of carbonyl (C=O) groups is 1. The van der Waals surface area contributed by atoms with Gasteiger partial charge in [-0.2, -0.15) is 0 Å². The lowest BCUT2D eigenvalue weighted by Crippen LogP contribution is -2.51. The van der Waals surface area contributed by atoms with Crippen molar-refractivity contribution < 1.29 is 4.79 Å². The normalized spacial score (nSPS) is 12.8. The van der Waals surface area contributed by atoms with E-state index in [1.54, 1.807) is 0 Å². The fourth-order valence-electron chi connectivity index (χ4n) is 3.72. The standard InChI is InChI=1S/C24H26N4O.C2H6/c1-4-5-17-7-8-18(21-10-11-28(3)23(17)21)13-26-24(29)22-12-19(9-6-16(22)2)27-20-14-25-15-20;1-2/h6-12,20,25,27H,13-15H2,1-3H3,(H,26,29);1-2H3. The van der Waals surface area contributed by atoms with Crippen molar-refractivity contribution in [3.63, 3.8) is 0 Å². The first-order valence-electron chi connectivity index (χ1n) is 10.9. The van der Waals surface area contributed by atoms with Gasteiger partial charge in [-0.15, -0.1) is 5.92 Å². The van der Waals surface area contributed by atoms with Crippen molar-refractivity contribution in [1.82, 2.24) is 15.2 Å². The molecule has 0 aliphatic carbocycles. The molecular formula is C26H32N4O. The lowest BCUT2D eigenvalue weighted by Gasteiger charge is -2.29. The van der Waals surface area contributed by atoms with Crippen molar-refractivity contribution in [2.45, 2.75) is 40.3 Å². The van der Waals surface area contributed by atoms with Crippen LogP contribution in [0.2, 0.25) is 0 Å². The van der Waals surface area contributed by atoms with Gasteiger partial charge in [0, 0.05) is 55.1 Å². The number of aryl methyl sites for hydroxylation is 2. The van der Waals surface area contributed by atoms with E-state index in [1.165, 1.54) is 0 Å². The van der Waals surface area contributed by atoms with Crippen LogP contribution >= 0.6 is 0 Å². The maximum Gasteiger partial charge on any atom is 0.251 e. The Balaban J connectivity index is 0.00000132. The molecular weight excluding hydrogens is 384 g/mol. The number of aromatic nitrogens is 1. The van der Waals surface area contributed by atoms with Crippen molar-refractivity contribution in [3.05, 3.63) is 64.8 Å². The molecule has 2 aromatic carbocycles. The molecule has 3 N–H and O–H groups in total. The lowest BCUT2D eigenvalue weighted by molar-refractivity contribution is 0.0950. The van der Waals surface area contributed by atoms with E-state index in [0.717, 1.165) is 46.4 Å². The summed E-state index contributed by atoms with van der Waals surface area (Å²) in [6.45, 7) is 10.2. The molecule has 1 aliphatic heterocycles. The third-order valence-corrected chi connectivity index (χ3v) is 5.46. The van der Waals surface area contributed by atoms with Gasteiger partial charge < -0.3 is 20.5 Å². The van der Waals surface area contributed by atoms with Crippen molar-refractivity contribution in [1.29, 1.82) is 0 Å². The molecule has 0 saturated carbocycles. The number of fused-ring (bicyclic) bond motifs is 1. The SMILES string of the molecule is CC.CC#Cc1ccc(CNC(=O)c2cc(NC3CNC3)ccc2C)c2ccn(C)c12.